The molecule has 280 valence electrons. The lowest BCUT2D eigenvalue weighted by atomic mass is 9.82. The summed E-state index contributed by atoms with van der Waals surface area (Å²) in [7, 11) is 3.40. The van der Waals surface area contributed by atoms with E-state index in [0.717, 1.165) is 11.1 Å². The summed E-state index contributed by atoms with van der Waals surface area (Å²) in [6, 6.07) is 2.74. The number of benzene rings is 1. The van der Waals surface area contributed by atoms with E-state index in [1.54, 1.807) is 32.2 Å². The van der Waals surface area contributed by atoms with Gasteiger partial charge in [0.25, 0.3) is 0 Å². The van der Waals surface area contributed by atoms with Crippen LogP contribution in [0, 0.1) is 11.8 Å². The molecule has 2 saturated heterocycles. The number of rotatable bonds is 8. The van der Waals surface area contributed by atoms with E-state index in [1.165, 1.54) is 22.7 Å². The molecule has 3 aliphatic heterocycles. The fraction of sp³-hybridized carbons (Fsp3) is 0.595. The van der Waals surface area contributed by atoms with Gasteiger partial charge < -0.3 is 33.9 Å². The van der Waals surface area contributed by atoms with Gasteiger partial charge in [-0.1, -0.05) is 56.2 Å². The van der Waals surface area contributed by atoms with Gasteiger partial charge in [-0.05, 0) is 50.1 Å². The van der Waals surface area contributed by atoms with Crippen molar-refractivity contribution in [3.05, 3.63) is 52.1 Å². The molecule has 3 aliphatic rings. The number of nitrogens with zero attached hydrogens (tertiary/aromatic N) is 2. The first-order chi connectivity index (χ1) is 23.9. The number of ether oxygens (including phenoxy) is 3. The van der Waals surface area contributed by atoms with Crippen LogP contribution in [0.25, 0.3) is 0 Å². The summed E-state index contributed by atoms with van der Waals surface area (Å²) in [5.74, 6) is -2.16. The zero-order valence-electron chi connectivity index (χ0n) is 30.5. The van der Waals surface area contributed by atoms with E-state index in [1.807, 2.05) is 52.6 Å². The van der Waals surface area contributed by atoms with Crippen LogP contribution in [0.5, 0.6) is 0 Å². The molecule has 4 rings (SSSR count). The predicted octanol–water partition coefficient (Wildman–Crippen LogP) is 4.73. The molecule has 1 aromatic carbocycles. The molecule has 0 saturated carbocycles. The lowest BCUT2D eigenvalue weighted by molar-refractivity contribution is -0.160. The van der Waals surface area contributed by atoms with Crippen LogP contribution in [0.2, 0.25) is 5.02 Å². The highest BCUT2D eigenvalue weighted by molar-refractivity contribution is 8.00. The Hall–Kier alpha value is -3.39. The van der Waals surface area contributed by atoms with Gasteiger partial charge in [0.05, 0.1) is 28.5 Å². The number of halogens is 1. The van der Waals surface area contributed by atoms with Crippen molar-refractivity contribution >= 4 is 59.6 Å². The number of aliphatic hydroxyl groups is 1. The molecule has 3 heterocycles. The Morgan fingerprint density at radius 2 is 1.98 bits per heavy atom. The quantitative estimate of drug-likeness (QED) is 0.215. The molecule has 0 spiro atoms. The van der Waals surface area contributed by atoms with Crippen molar-refractivity contribution in [3.8, 4) is 0 Å². The summed E-state index contributed by atoms with van der Waals surface area (Å²) < 4.78 is 18.1. The van der Waals surface area contributed by atoms with Crippen LogP contribution in [0.15, 0.2) is 35.9 Å². The standard InChI is InChI=1S/C37H50ClN3O9S/c1-21(2)51-20-31(44)41(8)24(5)34(45)49-30-12-13-40(7)28-16-25(15-26(18-42)32(28)38)14-22(3)10-9-11-27(19-43)37(47)17-29(48-35(46)39-37)23(4)33-36(30,6)50-33/h9-11,15-16,18-19,21,23-24,27,29-30,33,47H,12-14,17,20H2,1-8H3,(H,39,46)/b11-9+,22-10+/t23-,24+,27+,29+,30+,33+,36+,37+/m1/s1. The Bertz CT molecular complexity index is 1570. The fourth-order valence-electron chi connectivity index (χ4n) is 6.62. The highest BCUT2D eigenvalue weighted by Crippen LogP contribution is 2.49. The first-order valence-electron chi connectivity index (χ1n) is 17.2. The summed E-state index contributed by atoms with van der Waals surface area (Å²) >= 11 is 8.20. The minimum Gasteiger partial charge on any atom is -0.458 e. The van der Waals surface area contributed by atoms with Crippen molar-refractivity contribution < 1.29 is 43.3 Å². The van der Waals surface area contributed by atoms with E-state index >= 15 is 0 Å². The van der Waals surface area contributed by atoms with E-state index in [2.05, 4.69) is 5.32 Å². The number of alkyl carbamates (subject to hydrolysis) is 1. The van der Waals surface area contributed by atoms with Gasteiger partial charge in [-0.25, -0.2) is 9.59 Å². The van der Waals surface area contributed by atoms with Crippen LogP contribution in [-0.2, 0) is 35.0 Å². The maximum absolute atomic E-state index is 13.7. The van der Waals surface area contributed by atoms with Crippen LogP contribution in [0.3, 0.4) is 0 Å². The predicted molar refractivity (Wildman–Crippen MR) is 196 cm³/mol. The van der Waals surface area contributed by atoms with Gasteiger partial charge in [-0.15, -0.1) is 11.8 Å². The molecule has 12 nitrogen and oxygen atoms in total. The van der Waals surface area contributed by atoms with Crippen LogP contribution in [0.4, 0.5) is 10.5 Å². The molecular formula is C37H50ClN3O9S. The maximum atomic E-state index is 13.7. The molecule has 0 radical (unpaired) electrons. The van der Waals surface area contributed by atoms with E-state index in [0.29, 0.717) is 36.8 Å². The number of esters is 1. The zero-order valence-corrected chi connectivity index (χ0v) is 32.1. The summed E-state index contributed by atoms with van der Waals surface area (Å²) in [6.07, 6.45) is 3.78. The molecular weight excluding hydrogens is 698 g/mol. The monoisotopic (exact) mass is 747 g/mol. The van der Waals surface area contributed by atoms with Gasteiger partial charge in [0.2, 0.25) is 5.91 Å². The van der Waals surface area contributed by atoms with E-state index < -0.39 is 59.6 Å². The largest absolute Gasteiger partial charge is 0.458 e. The number of hydrogen-bond donors (Lipinski definition) is 2. The van der Waals surface area contributed by atoms with Gasteiger partial charge in [-0.3, -0.25) is 14.9 Å². The van der Waals surface area contributed by atoms with Gasteiger partial charge in [-0.2, -0.15) is 0 Å². The third kappa shape index (κ3) is 9.35. The molecule has 8 atom stereocenters. The number of carbonyl (C=O) groups is 5. The Labute approximate surface area is 309 Å². The van der Waals surface area contributed by atoms with Crippen molar-refractivity contribution in [2.24, 2.45) is 11.8 Å². The number of anilines is 1. The van der Waals surface area contributed by atoms with E-state index in [-0.39, 0.29) is 34.8 Å². The van der Waals surface area contributed by atoms with Crippen molar-refractivity contribution in [3.63, 3.8) is 0 Å². The number of aldehydes is 2. The second-order valence-corrected chi connectivity index (χ2v) is 16.3. The molecule has 51 heavy (non-hydrogen) atoms. The summed E-state index contributed by atoms with van der Waals surface area (Å²) in [5, 5.41) is 14.6. The molecule has 2 N–H and O–H groups in total. The number of hydrogen-bond acceptors (Lipinski definition) is 11. The number of epoxide rings is 1. The average molecular weight is 748 g/mol. The van der Waals surface area contributed by atoms with E-state index in [4.69, 9.17) is 25.8 Å². The number of nitrogens with one attached hydrogen (secondary N) is 1. The van der Waals surface area contributed by atoms with Crippen molar-refractivity contribution in [1.82, 2.24) is 10.2 Å². The van der Waals surface area contributed by atoms with Crippen LogP contribution in [-0.4, -0.2) is 108 Å². The number of amides is 2. The Kier molecular flexibility index (Phi) is 13.1. The third-order valence-electron chi connectivity index (χ3n) is 10.1. The molecule has 2 fully saturated rings. The number of likely N-dealkylation sites (N-methyl/N-ethyl adjacent to an activating group) is 1. The summed E-state index contributed by atoms with van der Waals surface area (Å²) in [6.45, 7) is 11.5. The highest BCUT2D eigenvalue weighted by atomic mass is 35.5. The van der Waals surface area contributed by atoms with Crippen molar-refractivity contribution in [2.75, 3.05) is 31.3 Å². The highest BCUT2D eigenvalue weighted by Gasteiger charge is 2.64. The van der Waals surface area contributed by atoms with Gasteiger partial charge in [0.1, 0.15) is 30.1 Å². The normalized spacial score (nSPS) is 31.9. The summed E-state index contributed by atoms with van der Waals surface area (Å²) in [5.41, 5.74) is -0.307. The lowest BCUT2D eigenvalue weighted by Gasteiger charge is -2.41. The van der Waals surface area contributed by atoms with Crippen molar-refractivity contribution in [1.29, 1.82) is 0 Å². The topological polar surface area (TPSA) is 155 Å². The second-order valence-electron chi connectivity index (χ2n) is 14.3. The Balaban J connectivity index is 1.72. The van der Waals surface area contributed by atoms with Gasteiger partial charge >= 0.3 is 12.1 Å². The first kappa shape index (κ1) is 40.4. The third-order valence-corrected chi connectivity index (χ3v) is 11.6. The van der Waals surface area contributed by atoms with Crippen LogP contribution >= 0.6 is 23.4 Å². The number of thioether (sulfide) groups is 1. The minimum absolute atomic E-state index is 0.101. The molecule has 1 aromatic rings. The second kappa shape index (κ2) is 16.5. The minimum atomic E-state index is -1.93. The fourth-order valence-corrected chi connectivity index (χ4v) is 7.60. The SMILES string of the molecule is C/C1=C\C=C\[C@@H](C=O)[C@@]2(O)C[C@H](OC(=O)N2)[C@@H](C)[C@@H]2O[C@@]2(C)[C@@H](OC(=O)[C@H](C)N(C)C(=O)CSC(C)C)CCN(C)c2cc(cc(C=O)c2Cl)C1. The molecule has 2 amide bonds. The lowest BCUT2D eigenvalue weighted by Crippen LogP contribution is -2.61. The molecule has 0 aromatic heterocycles. The zero-order chi connectivity index (χ0) is 37.8. The maximum Gasteiger partial charge on any atom is 0.409 e. The molecule has 0 aliphatic carbocycles. The Morgan fingerprint density at radius 3 is 2.63 bits per heavy atom. The molecule has 4 bridgehead atoms. The summed E-state index contributed by atoms with van der Waals surface area (Å²) in [4.78, 5) is 66.8. The smallest absolute Gasteiger partial charge is 0.409 e. The van der Waals surface area contributed by atoms with E-state index in [9.17, 15) is 29.1 Å². The van der Waals surface area contributed by atoms with Crippen molar-refractivity contribution in [2.45, 2.75) is 102 Å². The first-order valence-corrected chi connectivity index (χ1v) is 18.6. The van der Waals surface area contributed by atoms with Gasteiger partial charge in [0.15, 0.2) is 12.0 Å². The van der Waals surface area contributed by atoms with Crippen LogP contribution < -0.4 is 10.2 Å². The molecule has 14 heteroatoms. The van der Waals surface area contributed by atoms with Gasteiger partial charge in [0, 0.05) is 45.0 Å². The number of fused-ring (bicyclic) bond motifs is 5. The van der Waals surface area contributed by atoms with Crippen LogP contribution in [0.1, 0.15) is 70.3 Å². The number of carbonyl (C=O) groups excluding carboxylic acids is 5. The number of allylic oxidation sites excluding steroid dienone is 3. The Morgan fingerprint density at radius 1 is 1.27 bits per heavy atom. The average Bonchev–Trinajstić information content (AvgIpc) is 3.77. The molecule has 0 unspecified atom stereocenters.